The lowest BCUT2D eigenvalue weighted by molar-refractivity contribution is 0.252. The maximum atomic E-state index is 12.8. The Hall–Kier alpha value is -2.83. The number of nitrogens with two attached hydrogens (primary N) is 1. The maximum Gasteiger partial charge on any atom is 0.350 e. The maximum absolute atomic E-state index is 12.8. The Morgan fingerprint density at radius 3 is 2.64 bits per heavy atom. The zero-order valence-corrected chi connectivity index (χ0v) is 20.1. The Bertz CT molecular complexity index is 1060. The van der Waals surface area contributed by atoms with E-state index in [9.17, 15) is 4.79 Å². The Labute approximate surface area is 196 Å². The molecule has 33 heavy (non-hydrogen) atoms. The molecule has 7 heteroatoms. The standard InChI is InChI=1S/C26H37N5O2/c1-26(2,3)18-11-14-21-20(15-18)29-24-22(33-21)16-31(25(32)30-24)19-12-9-17(10-13-19)7-5-4-6-8-23(27)28/h11,14-17,19H,4-10,12-13H2,1-3H3,(H3,27,28)(H,29,30,32). The van der Waals surface area contributed by atoms with Crippen molar-refractivity contribution in [3.63, 3.8) is 0 Å². The SMILES string of the molecule is CC(C)(C)c1ccc2c(c1)Nc1nc(=O)n(C3CCC(CCCCCC(=N)N)CC3)cc1O2. The number of nitrogens with one attached hydrogen (secondary N) is 2. The molecule has 1 fully saturated rings. The molecule has 0 atom stereocenters. The fourth-order valence-electron chi connectivity index (χ4n) is 4.94. The van der Waals surface area contributed by atoms with E-state index in [-0.39, 0.29) is 23.0 Å². The van der Waals surface area contributed by atoms with Crippen molar-refractivity contribution in [2.45, 2.75) is 90.0 Å². The summed E-state index contributed by atoms with van der Waals surface area (Å²) in [5, 5.41) is 10.6. The predicted molar refractivity (Wildman–Crippen MR) is 133 cm³/mol. The predicted octanol–water partition coefficient (Wildman–Crippen LogP) is 6.01. The number of rotatable bonds is 7. The van der Waals surface area contributed by atoms with E-state index < -0.39 is 0 Å². The van der Waals surface area contributed by atoms with Gasteiger partial charge < -0.3 is 15.8 Å². The molecule has 1 aliphatic carbocycles. The first-order valence-electron chi connectivity index (χ1n) is 12.3. The van der Waals surface area contributed by atoms with Gasteiger partial charge in [-0.3, -0.25) is 9.98 Å². The van der Waals surface area contributed by atoms with Crippen LogP contribution in [-0.4, -0.2) is 15.4 Å². The van der Waals surface area contributed by atoms with Gasteiger partial charge in [-0.25, -0.2) is 4.79 Å². The summed E-state index contributed by atoms with van der Waals surface area (Å²) < 4.78 is 7.91. The van der Waals surface area contributed by atoms with Crippen molar-refractivity contribution < 1.29 is 4.74 Å². The van der Waals surface area contributed by atoms with Gasteiger partial charge in [0.2, 0.25) is 0 Å². The fraction of sp³-hybridized carbons (Fsp3) is 0.577. The lowest BCUT2D eigenvalue weighted by atomic mass is 9.83. The highest BCUT2D eigenvalue weighted by molar-refractivity contribution is 5.76. The summed E-state index contributed by atoms with van der Waals surface area (Å²) in [6.07, 6.45) is 11.4. The van der Waals surface area contributed by atoms with E-state index in [4.69, 9.17) is 15.9 Å². The quantitative estimate of drug-likeness (QED) is 0.232. The van der Waals surface area contributed by atoms with Crippen LogP contribution < -0.4 is 21.5 Å². The van der Waals surface area contributed by atoms with Crippen molar-refractivity contribution >= 4 is 17.3 Å². The second-order valence-corrected chi connectivity index (χ2v) is 10.6. The normalized spacial score (nSPS) is 19.7. The minimum Gasteiger partial charge on any atom is -0.450 e. The van der Waals surface area contributed by atoms with E-state index in [2.05, 4.69) is 43.2 Å². The van der Waals surface area contributed by atoms with Crippen LogP contribution in [0.3, 0.4) is 0 Å². The first kappa shape index (κ1) is 23.3. The molecule has 0 amide bonds. The Balaban J connectivity index is 1.38. The Morgan fingerprint density at radius 2 is 1.94 bits per heavy atom. The molecule has 1 saturated carbocycles. The first-order valence-corrected chi connectivity index (χ1v) is 12.3. The van der Waals surface area contributed by atoms with Crippen LogP contribution in [0.2, 0.25) is 0 Å². The summed E-state index contributed by atoms with van der Waals surface area (Å²) in [4.78, 5) is 17.2. The number of aromatic nitrogens is 2. The molecule has 2 aliphatic rings. The van der Waals surface area contributed by atoms with Crippen LogP contribution >= 0.6 is 0 Å². The van der Waals surface area contributed by atoms with Gasteiger partial charge in [-0.2, -0.15) is 4.98 Å². The third kappa shape index (κ3) is 5.57. The molecule has 4 rings (SSSR count). The molecule has 178 valence electrons. The van der Waals surface area contributed by atoms with Crippen LogP contribution in [0.25, 0.3) is 0 Å². The number of amidine groups is 1. The average molecular weight is 452 g/mol. The summed E-state index contributed by atoms with van der Waals surface area (Å²) in [5.74, 6) is 2.88. The molecule has 0 radical (unpaired) electrons. The summed E-state index contributed by atoms with van der Waals surface area (Å²) in [6.45, 7) is 6.52. The lowest BCUT2D eigenvalue weighted by Crippen LogP contribution is -2.30. The Morgan fingerprint density at radius 1 is 1.18 bits per heavy atom. The van der Waals surface area contributed by atoms with Gasteiger partial charge in [-0.05, 0) is 61.1 Å². The smallest absolute Gasteiger partial charge is 0.350 e. The molecule has 1 aromatic heterocycles. The summed E-state index contributed by atoms with van der Waals surface area (Å²) in [5.41, 5.74) is 7.29. The number of hydrogen-bond donors (Lipinski definition) is 3. The van der Waals surface area contributed by atoms with E-state index in [0.717, 1.165) is 55.9 Å². The first-order chi connectivity index (χ1) is 15.7. The van der Waals surface area contributed by atoms with Gasteiger partial charge in [0, 0.05) is 12.5 Å². The zero-order chi connectivity index (χ0) is 23.6. The monoisotopic (exact) mass is 451 g/mol. The number of hydrogen-bond acceptors (Lipinski definition) is 5. The highest BCUT2D eigenvalue weighted by Gasteiger charge is 2.27. The van der Waals surface area contributed by atoms with Crippen LogP contribution in [0.15, 0.2) is 29.2 Å². The molecule has 4 N–H and O–H groups in total. The molecular formula is C26H37N5O2. The van der Waals surface area contributed by atoms with Gasteiger partial charge in [0.25, 0.3) is 0 Å². The van der Waals surface area contributed by atoms with Gasteiger partial charge in [0.05, 0.1) is 17.7 Å². The summed E-state index contributed by atoms with van der Waals surface area (Å²) in [6, 6.07) is 6.34. The van der Waals surface area contributed by atoms with Crippen LogP contribution in [0.5, 0.6) is 11.5 Å². The highest BCUT2D eigenvalue weighted by atomic mass is 16.5. The van der Waals surface area contributed by atoms with Crippen LogP contribution in [-0.2, 0) is 5.41 Å². The van der Waals surface area contributed by atoms with Crippen molar-refractivity contribution in [1.29, 1.82) is 5.41 Å². The number of unbranched alkanes of at least 4 members (excludes halogenated alkanes) is 2. The number of benzene rings is 1. The highest BCUT2D eigenvalue weighted by Crippen LogP contribution is 2.43. The van der Waals surface area contributed by atoms with E-state index >= 15 is 0 Å². The molecule has 1 aromatic carbocycles. The van der Waals surface area contributed by atoms with Crippen molar-refractivity contribution in [2.24, 2.45) is 11.7 Å². The fourth-order valence-corrected chi connectivity index (χ4v) is 4.94. The van der Waals surface area contributed by atoms with E-state index in [1.54, 1.807) is 4.57 Å². The van der Waals surface area contributed by atoms with Crippen LogP contribution in [0.4, 0.5) is 11.5 Å². The van der Waals surface area contributed by atoms with Crippen molar-refractivity contribution in [2.75, 3.05) is 5.32 Å². The van der Waals surface area contributed by atoms with Crippen LogP contribution in [0.1, 0.15) is 90.2 Å². The molecule has 2 heterocycles. The second kappa shape index (κ2) is 9.57. The van der Waals surface area contributed by atoms with Crippen molar-refractivity contribution in [3.05, 3.63) is 40.4 Å². The number of ether oxygens (including phenoxy) is 1. The molecule has 0 unspecified atom stereocenters. The zero-order valence-electron chi connectivity index (χ0n) is 20.1. The van der Waals surface area contributed by atoms with E-state index in [1.165, 1.54) is 18.4 Å². The topological polar surface area (TPSA) is 106 Å². The van der Waals surface area contributed by atoms with E-state index in [0.29, 0.717) is 18.0 Å². The molecular weight excluding hydrogens is 414 g/mol. The number of fused-ring (bicyclic) bond motifs is 2. The molecule has 0 bridgehead atoms. The van der Waals surface area contributed by atoms with Gasteiger partial charge in [-0.15, -0.1) is 0 Å². The minimum absolute atomic E-state index is 0.0290. The molecule has 0 spiro atoms. The van der Waals surface area contributed by atoms with Crippen molar-refractivity contribution in [1.82, 2.24) is 9.55 Å². The summed E-state index contributed by atoms with van der Waals surface area (Å²) >= 11 is 0. The van der Waals surface area contributed by atoms with Gasteiger partial charge >= 0.3 is 5.69 Å². The molecule has 0 saturated heterocycles. The minimum atomic E-state index is -0.215. The van der Waals surface area contributed by atoms with Crippen LogP contribution in [0, 0.1) is 11.3 Å². The largest absolute Gasteiger partial charge is 0.450 e. The summed E-state index contributed by atoms with van der Waals surface area (Å²) in [7, 11) is 0. The molecule has 7 nitrogen and oxygen atoms in total. The average Bonchev–Trinajstić information content (AvgIpc) is 2.76. The second-order valence-electron chi connectivity index (χ2n) is 10.6. The lowest BCUT2D eigenvalue weighted by Gasteiger charge is -2.30. The number of nitrogens with zero attached hydrogens (tertiary/aromatic N) is 2. The van der Waals surface area contributed by atoms with Gasteiger partial charge in [0.15, 0.2) is 17.3 Å². The van der Waals surface area contributed by atoms with E-state index in [1.807, 2.05) is 12.3 Å². The third-order valence-corrected chi connectivity index (χ3v) is 7.00. The molecule has 2 aromatic rings. The number of anilines is 2. The molecule has 1 aliphatic heterocycles. The van der Waals surface area contributed by atoms with Gasteiger partial charge in [0.1, 0.15) is 0 Å². The van der Waals surface area contributed by atoms with Gasteiger partial charge in [-0.1, -0.05) is 46.1 Å². The third-order valence-electron chi connectivity index (χ3n) is 7.00. The Kier molecular flexibility index (Phi) is 6.77. The van der Waals surface area contributed by atoms with Crippen molar-refractivity contribution in [3.8, 4) is 11.5 Å².